The van der Waals surface area contributed by atoms with Gasteiger partial charge in [-0.05, 0) is 38.0 Å². The maximum Gasteiger partial charge on any atom is 0.161 e. The average Bonchev–Trinajstić information content (AvgIpc) is 2.67. The molecule has 0 radical (unpaired) electrons. The Labute approximate surface area is 150 Å². The van der Waals surface area contributed by atoms with Crippen molar-refractivity contribution in [1.82, 2.24) is 0 Å². The molecule has 1 N–H and O–H groups in total. The molecule has 0 aliphatic carbocycles. The first-order valence-corrected chi connectivity index (χ1v) is 9.02. The third-order valence-corrected chi connectivity index (χ3v) is 4.98. The highest BCUT2D eigenvalue weighted by Gasteiger charge is 2.39. The molecule has 0 saturated carbocycles. The van der Waals surface area contributed by atoms with E-state index in [1.165, 1.54) is 5.56 Å². The summed E-state index contributed by atoms with van der Waals surface area (Å²) in [6.07, 6.45) is 1.62. The molecule has 0 aromatic heterocycles. The molecule has 2 aromatic rings. The maximum atomic E-state index is 6.58. The first kappa shape index (κ1) is 17.6. The second kappa shape index (κ2) is 7.36. The van der Waals surface area contributed by atoms with Gasteiger partial charge in [0, 0.05) is 16.8 Å². The van der Waals surface area contributed by atoms with Crippen LogP contribution >= 0.6 is 0 Å². The van der Waals surface area contributed by atoms with E-state index >= 15 is 0 Å². The van der Waals surface area contributed by atoms with E-state index in [2.05, 4.69) is 43.4 Å². The van der Waals surface area contributed by atoms with Crippen LogP contribution < -0.4 is 14.8 Å². The van der Waals surface area contributed by atoms with Crippen molar-refractivity contribution in [3.05, 3.63) is 53.6 Å². The van der Waals surface area contributed by atoms with E-state index in [4.69, 9.17) is 14.2 Å². The first-order valence-electron chi connectivity index (χ1n) is 9.02. The quantitative estimate of drug-likeness (QED) is 0.779. The van der Waals surface area contributed by atoms with Gasteiger partial charge in [-0.15, -0.1) is 0 Å². The Morgan fingerprint density at radius 2 is 1.80 bits per heavy atom. The minimum Gasteiger partial charge on any atom is -0.493 e. The minimum absolute atomic E-state index is 0.223. The Balaban J connectivity index is 1.99. The summed E-state index contributed by atoms with van der Waals surface area (Å²) in [5.41, 5.74) is 3.11. The molecule has 1 aliphatic heterocycles. The molecule has 0 amide bonds. The molecular weight excluding hydrogens is 314 g/mol. The third kappa shape index (κ3) is 3.19. The van der Waals surface area contributed by atoms with Crippen molar-refractivity contribution in [3.8, 4) is 11.5 Å². The largest absolute Gasteiger partial charge is 0.493 e. The molecule has 4 nitrogen and oxygen atoms in total. The molecule has 0 bridgehead atoms. The second-order valence-corrected chi connectivity index (χ2v) is 6.23. The second-order valence-electron chi connectivity index (χ2n) is 6.23. The molecule has 2 aromatic carbocycles. The summed E-state index contributed by atoms with van der Waals surface area (Å²) in [5.74, 6) is 1.48. The van der Waals surface area contributed by atoms with E-state index in [-0.39, 0.29) is 11.8 Å². The molecule has 1 heterocycles. The molecule has 0 fully saturated rings. The predicted molar refractivity (Wildman–Crippen MR) is 100 cm³/mol. The lowest BCUT2D eigenvalue weighted by atomic mass is 9.85. The number of nitrogens with one attached hydrogen (secondary N) is 1. The highest BCUT2D eigenvalue weighted by molar-refractivity contribution is 5.57. The summed E-state index contributed by atoms with van der Waals surface area (Å²) in [6.45, 7) is 6.94. The van der Waals surface area contributed by atoms with Crippen molar-refractivity contribution < 1.29 is 14.2 Å². The highest BCUT2D eigenvalue weighted by Crippen LogP contribution is 2.46. The van der Waals surface area contributed by atoms with Crippen LogP contribution in [0.15, 0.2) is 42.5 Å². The fraction of sp³-hybridized carbons (Fsp3) is 0.429. The van der Waals surface area contributed by atoms with Gasteiger partial charge < -0.3 is 19.5 Å². The molecule has 1 aliphatic rings. The molecule has 134 valence electrons. The Morgan fingerprint density at radius 3 is 2.48 bits per heavy atom. The first-order chi connectivity index (χ1) is 12.2. The van der Waals surface area contributed by atoms with Gasteiger partial charge in [-0.1, -0.05) is 38.1 Å². The zero-order valence-electron chi connectivity index (χ0n) is 15.5. The average molecular weight is 341 g/mol. The monoisotopic (exact) mass is 341 g/mol. The highest BCUT2D eigenvalue weighted by atomic mass is 16.5. The van der Waals surface area contributed by atoms with Crippen molar-refractivity contribution in [3.63, 3.8) is 0 Å². The van der Waals surface area contributed by atoms with Crippen LogP contribution in [-0.4, -0.2) is 13.7 Å². The van der Waals surface area contributed by atoms with Crippen molar-refractivity contribution in [2.24, 2.45) is 0 Å². The van der Waals surface area contributed by atoms with Crippen LogP contribution in [0, 0.1) is 0 Å². The van der Waals surface area contributed by atoms with E-state index in [1.54, 1.807) is 7.11 Å². The van der Waals surface area contributed by atoms with Gasteiger partial charge in [0.25, 0.3) is 0 Å². The van der Waals surface area contributed by atoms with Gasteiger partial charge in [0.15, 0.2) is 17.7 Å². The van der Waals surface area contributed by atoms with Crippen LogP contribution in [0.25, 0.3) is 0 Å². The smallest absolute Gasteiger partial charge is 0.161 e. The van der Waals surface area contributed by atoms with E-state index < -0.39 is 0 Å². The Kier molecular flexibility index (Phi) is 5.19. The molecular formula is C21H27NO3. The Hall–Kier alpha value is -2.20. The lowest BCUT2D eigenvalue weighted by molar-refractivity contribution is -0.103. The van der Waals surface area contributed by atoms with E-state index in [9.17, 15) is 0 Å². The molecule has 1 unspecified atom stereocenters. The number of para-hydroxylation sites is 1. The maximum absolute atomic E-state index is 6.58. The van der Waals surface area contributed by atoms with E-state index in [1.807, 2.05) is 25.1 Å². The number of benzene rings is 2. The van der Waals surface area contributed by atoms with Crippen molar-refractivity contribution in [1.29, 1.82) is 0 Å². The molecule has 25 heavy (non-hydrogen) atoms. The molecule has 3 rings (SSSR count). The topological polar surface area (TPSA) is 39.7 Å². The SMILES string of the molecule is CCOc1ccc(C2Nc3ccccc3C(CC)(CC)O2)cc1OC. The number of anilines is 1. The fourth-order valence-corrected chi connectivity index (χ4v) is 3.54. The summed E-state index contributed by atoms with van der Waals surface area (Å²) >= 11 is 0. The number of fused-ring (bicyclic) bond motifs is 1. The van der Waals surface area contributed by atoms with Gasteiger partial charge >= 0.3 is 0 Å². The third-order valence-electron chi connectivity index (χ3n) is 4.98. The standard InChI is InChI=1S/C21H27NO3/c1-5-21(6-2)16-10-8-9-11-17(16)22-20(25-21)15-12-13-18(24-7-3)19(14-15)23-4/h8-14,20,22H,5-7H2,1-4H3. The molecule has 1 atom stereocenters. The molecule has 0 spiro atoms. The zero-order chi connectivity index (χ0) is 17.9. The number of rotatable bonds is 6. The van der Waals surface area contributed by atoms with Crippen molar-refractivity contribution in [2.45, 2.75) is 45.4 Å². The van der Waals surface area contributed by atoms with Gasteiger partial charge in [-0.25, -0.2) is 0 Å². The normalized spacial score (nSPS) is 18.2. The minimum atomic E-state index is -0.279. The summed E-state index contributed by atoms with van der Waals surface area (Å²) in [7, 11) is 1.66. The number of hydrogen-bond donors (Lipinski definition) is 1. The predicted octanol–water partition coefficient (Wildman–Crippen LogP) is 5.25. The fourth-order valence-electron chi connectivity index (χ4n) is 3.54. The number of ether oxygens (including phenoxy) is 3. The van der Waals surface area contributed by atoms with Gasteiger partial charge in [-0.2, -0.15) is 0 Å². The van der Waals surface area contributed by atoms with Crippen LogP contribution in [0.4, 0.5) is 5.69 Å². The number of methoxy groups -OCH3 is 1. The van der Waals surface area contributed by atoms with Crippen molar-refractivity contribution in [2.75, 3.05) is 19.0 Å². The molecule has 0 saturated heterocycles. The van der Waals surface area contributed by atoms with Gasteiger partial charge in [0.1, 0.15) is 0 Å². The summed E-state index contributed by atoms with van der Waals surface area (Å²) in [5, 5.41) is 3.52. The van der Waals surface area contributed by atoms with Crippen LogP contribution in [0.1, 0.15) is 51.0 Å². The van der Waals surface area contributed by atoms with Crippen LogP contribution in [0.5, 0.6) is 11.5 Å². The van der Waals surface area contributed by atoms with Crippen LogP contribution in [0.2, 0.25) is 0 Å². The lowest BCUT2D eigenvalue weighted by Gasteiger charge is -2.43. The van der Waals surface area contributed by atoms with Gasteiger partial charge in [-0.3, -0.25) is 0 Å². The Morgan fingerprint density at radius 1 is 1.04 bits per heavy atom. The van der Waals surface area contributed by atoms with Crippen molar-refractivity contribution >= 4 is 5.69 Å². The Bertz CT molecular complexity index is 725. The summed E-state index contributed by atoms with van der Waals surface area (Å²) in [4.78, 5) is 0. The summed E-state index contributed by atoms with van der Waals surface area (Å²) in [6, 6.07) is 14.4. The summed E-state index contributed by atoms with van der Waals surface area (Å²) < 4.78 is 17.7. The molecule has 4 heteroatoms. The zero-order valence-corrected chi connectivity index (χ0v) is 15.5. The number of hydrogen-bond acceptors (Lipinski definition) is 4. The van der Waals surface area contributed by atoms with Gasteiger partial charge in [0.05, 0.1) is 19.3 Å². The van der Waals surface area contributed by atoms with Gasteiger partial charge in [0.2, 0.25) is 0 Å². The van der Waals surface area contributed by atoms with E-state index in [0.29, 0.717) is 6.61 Å². The lowest BCUT2D eigenvalue weighted by Crippen LogP contribution is -2.37. The van der Waals surface area contributed by atoms with Crippen LogP contribution in [-0.2, 0) is 10.3 Å². The van der Waals surface area contributed by atoms with E-state index in [0.717, 1.165) is 35.6 Å². The van der Waals surface area contributed by atoms with Crippen LogP contribution in [0.3, 0.4) is 0 Å².